The third-order valence-corrected chi connectivity index (χ3v) is 7.86. The van der Waals surface area contributed by atoms with Gasteiger partial charge in [-0.05, 0) is 41.7 Å². The number of rotatable bonds is 15. The third-order valence-electron chi connectivity index (χ3n) is 6.30. The van der Waals surface area contributed by atoms with E-state index in [2.05, 4.69) is 10.0 Å². The molecular weight excluding hydrogens is 514 g/mol. The Labute approximate surface area is 231 Å². The van der Waals surface area contributed by atoms with Crippen molar-refractivity contribution in [2.24, 2.45) is 0 Å². The second-order valence-corrected chi connectivity index (χ2v) is 11.0. The molecule has 3 aromatic carbocycles. The normalized spacial score (nSPS) is 12.1. The fourth-order valence-corrected chi connectivity index (χ4v) is 5.29. The molecule has 0 bridgehead atoms. The van der Waals surface area contributed by atoms with Crippen LogP contribution in [0.25, 0.3) is 0 Å². The van der Waals surface area contributed by atoms with Gasteiger partial charge < -0.3 is 15.3 Å². The number of amides is 2. The zero-order valence-electron chi connectivity index (χ0n) is 22.3. The zero-order chi connectivity index (χ0) is 28.1. The maximum atomic E-state index is 13.7. The molecule has 0 aliphatic carbocycles. The summed E-state index contributed by atoms with van der Waals surface area (Å²) in [6.45, 7) is 2.57. The van der Waals surface area contributed by atoms with Crippen molar-refractivity contribution in [3.05, 3.63) is 102 Å². The summed E-state index contributed by atoms with van der Waals surface area (Å²) in [6.07, 6.45) is 1.33. The van der Waals surface area contributed by atoms with Crippen LogP contribution < -0.4 is 10.0 Å². The van der Waals surface area contributed by atoms with Gasteiger partial charge in [-0.1, -0.05) is 79.7 Å². The Morgan fingerprint density at radius 1 is 0.872 bits per heavy atom. The topological polar surface area (TPSA) is 116 Å². The van der Waals surface area contributed by atoms with E-state index in [0.717, 1.165) is 16.7 Å². The minimum absolute atomic E-state index is 0.0368. The highest BCUT2D eigenvalue weighted by atomic mass is 32.2. The van der Waals surface area contributed by atoms with Crippen molar-refractivity contribution in [3.8, 4) is 0 Å². The van der Waals surface area contributed by atoms with Crippen LogP contribution in [0, 0.1) is 0 Å². The van der Waals surface area contributed by atoms with Gasteiger partial charge in [0.15, 0.2) is 0 Å². The van der Waals surface area contributed by atoms with Gasteiger partial charge >= 0.3 is 0 Å². The first kappa shape index (κ1) is 30.0. The Bertz CT molecular complexity index is 1280. The maximum Gasteiger partial charge on any atom is 0.243 e. The molecule has 8 nitrogen and oxygen atoms in total. The van der Waals surface area contributed by atoms with E-state index in [1.165, 1.54) is 12.1 Å². The van der Waals surface area contributed by atoms with Crippen LogP contribution in [0.15, 0.2) is 89.8 Å². The largest absolute Gasteiger partial charge is 0.396 e. The first-order valence-electron chi connectivity index (χ1n) is 13.2. The Hall–Kier alpha value is -3.53. The Morgan fingerprint density at radius 3 is 2.08 bits per heavy atom. The summed E-state index contributed by atoms with van der Waals surface area (Å²) in [4.78, 5) is 28.9. The van der Waals surface area contributed by atoms with Crippen LogP contribution in [0.5, 0.6) is 0 Å². The molecule has 0 heterocycles. The van der Waals surface area contributed by atoms with E-state index in [-0.39, 0.29) is 36.3 Å². The number of carbonyl (C=O) groups is 2. The predicted molar refractivity (Wildman–Crippen MR) is 151 cm³/mol. The van der Waals surface area contributed by atoms with Gasteiger partial charge in [-0.3, -0.25) is 9.59 Å². The van der Waals surface area contributed by atoms with Crippen LogP contribution in [0.4, 0.5) is 0 Å². The van der Waals surface area contributed by atoms with Gasteiger partial charge in [-0.15, -0.1) is 0 Å². The summed E-state index contributed by atoms with van der Waals surface area (Å²) >= 11 is 0. The number of sulfonamides is 1. The highest BCUT2D eigenvalue weighted by molar-refractivity contribution is 7.89. The number of benzene rings is 3. The van der Waals surface area contributed by atoms with Crippen molar-refractivity contribution < 1.29 is 23.1 Å². The van der Waals surface area contributed by atoms with Crippen molar-refractivity contribution in [2.75, 3.05) is 19.7 Å². The molecule has 3 N–H and O–H groups in total. The molecule has 0 radical (unpaired) electrons. The van der Waals surface area contributed by atoms with Gasteiger partial charge in [0.05, 0.1) is 4.90 Å². The first-order valence-corrected chi connectivity index (χ1v) is 14.7. The smallest absolute Gasteiger partial charge is 0.243 e. The molecule has 3 aromatic rings. The summed E-state index contributed by atoms with van der Waals surface area (Å²) in [5, 5.41) is 12.0. The zero-order valence-corrected chi connectivity index (χ0v) is 23.1. The lowest BCUT2D eigenvalue weighted by molar-refractivity contribution is -0.141. The summed E-state index contributed by atoms with van der Waals surface area (Å²) in [7, 11) is -3.55. The molecule has 9 heteroatoms. The molecule has 0 unspecified atom stereocenters. The number of aryl methyl sites for hydroxylation is 1. The van der Waals surface area contributed by atoms with Crippen molar-refractivity contribution in [1.29, 1.82) is 0 Å². The Balaban J connectivity index is 1.83. The predicted octanol–water partition coefficient (Wildman–Crippen LogP) is 3.06. The number of hydrogen-bond acceptors (Lipinski definition) is 5. The fourth-order valence-electron chi connectivity index (χ4n) is 4.25. The van der Waals surface area contributed by atoms with Gasteiger partial charge in [-0.25, -0.2) is 13.1 Å². The molecule has 0 saturated heterocycles. The van der Waals surface area contributed by atoms with Gasteiger partial charge in [0, 0.05) is 39.1 Å². The molecule has 1 atom stereocenters. The SMILES string of the molecule is CCNS(=O)(=O)c1ccc(CCC(=O)N(Cc2ccccc2)[C@@H](Cc2ccccc2)C(=O)NCCCO)cc1. The highest BCUT2D eigenvalue weighted by Crippen LogP contribution is 2.18. The summed E-state index contributed by atoms with van der Waals surface area (Å²) in [5.41, 5.74) is 2.67. The van der Waals surface area contributed by atoms with E-state index >= 15 is 0 Å². The van der Waals surface area contributed by atoms with Crippen LogP contribution in [-0.4, -0.2) is 56.0 Å². The minimum Gasteiger partial charge on any atom is -0.396 e. The monoisotopic (exact) mass is 551 g/mol. The van der Waals surface area contributed by atoms with E-state index < -0.39 is 16.1 Å². The second-order valence-electron chi connectivity index (χ2n) is 9.23. The molecule has 208 valence electrons. The lowest BCUT2D eigenvalue weighted by Crippen LogP contribution is -2.50. The van der Waals surface area contributed by atoms with Crippen molar-refractivity contribution in [2.45, 2.75) is 50.1 Å². The number of nitrogens with one attached hydrogen (secondary N) is 2. The third kappa shape index (κ3) is 9.31. The molecule has 39 heavy (non-hydrogen) atoms. The van der Waals surface area contributed by atoms with Crippen LogP contribution in [-0.2, 0) is 39.0 Å². The van der Waals surface area contributed by atoms with Gasteiger partial charge in [0.25, 0.3) is 0 Å². The first-order chi connectivity index (χ1) is 18.8. The molecule has 3 rings (SSSR count). The molecule has 0 saturated carbocycles. The van der Waals surface area contributed by atoms with Crippen molar-refractivity contribution in [1.82, 2.24) is 14.9 Å². The molecule has 0 spiro atoms. The van der Waals surface area contributed by atoms with Crippen LogP contribution in [0.2, 0.25) is 0 Å². The minimum atomic E-state index is -3.55. The summed E-state index contributed by atoms with van der Waals surface area (Å²) in [5.74, 6) is -0.448. The Kier molecular flexibility index (Phi) is 11.7. The summed E-state index contributed by atoms with van der Waals surface area (Å²) < 4.78 is 26.9. The lowest BCUT2D eigenvalue weighted by Gasteiger charge is -2.31. The van der Waals surface area contributed by atoms with E-state index in [4.69, 9.17) is 5.11 Å². The Morgan fingerprint density at radius 2 is 1.49 bits per heavy atom. The van der Waals surface area contributed by atoms with E-state index in [0.29, 0.717) is 32.4 Å². The molecular formula is C30H37N3O5S. The molecule has 2 amide bonds. The maximum absolute atomic E-state index is 13.7. The lowest BCUT2D eigenvalue weighted by atomic mass is 10.0. The molecule has 0 aliphatic heterocycles. The molecule has 0 aromatic heterocycles. The van der Waals surface area contributed by atoms with Crippen LogP contribution in [0.3, 0.4) is 0 Å². The van der Waals surface area contributed by atoms with Crippen molar-refractivity contribution >= 4 is 21.8 Å². The van der Waals surface area contributed by atoms with Crippen LogP contribution >= 0.6 is 0 Å². The van der Waals surface area contributed by atoms with Crippen LogP contribution in [0.1, 0.15) is 36.5 Å². The number of hydrogen-bond donors (Lipinski definition) is 3. The fraction of sp³-hybridized carbons (Fsp3) is 0.333. The number of aliphatic hydroxyl groups excluding tert-OH is 1. The number of carbonyl (C=O) groups excluding carboxylic acids is 2. The standard InChI is InChI=1S/C30H37N3O5S/c1-2-32-39(37,38)27-17-14-24(15-18-27)16-19-29(35)33(23-26-12-7-4-8-13-26)28(30(36)31-20-9-21-34)22-25-10-5-3-6-11-25/h3-8,10-15,17-18,28,32,34H,2,9,16,19-23H2,1H3,(H,31,36)/t28-/m0/s1. The average molecular weight is 552 g/mol. The van der Waals surface area contributed by atoms with Gasteiger partial charge in [-0.2, -0.15) is 0 Å². The summed E-state index contributed by atoms with van der Waals surface area (Å²) in [6, 6.07) is 24.9. The number of nitrogens with zero attached hydrogens (tertiary/aromatic N) is 1. The number of aliphatic hydroxyl groups is 1. The molecule has 0 fully saturated rings. The highest BCUT2D eigenvalue weighted by Gasteiger charge is 2.30. The second kappa shape index (κ2) is 15.2. The van der Waals surface area contributed by atoms with Gasteiger partial charge in [0.1, 0.15) is 6.04 Å². The van der Waals surface area contributed by atoms with Gasteiger partial charge in [0.2, 0.25) is 21.8 Å². The van der Waals surface area contributed by atoms with E-state index in [9.17, 15) is 18.0 Å². The van der Waals surface area contributed by atoms with Crippen molar-refractivity contribution in [3.63, 3.8) is 0 Å². The van der Waals surface area contributed by atoms with E-state index in [1.54, 1.807) is 24.0 Å². The average Bonchev–Trinajstić information content (AvgIpc) is 2.95. The quantitative estimate of drug-likeness (QED) is 0.251. The molecule has 0 aliphatic rings. The van der Waals surface area contributed by atoms with E-state index in [1.807, 2.05) is 60.7 Å².